The number of rotatable bonds is 7. The van der Waals surface area contributed by atoms with E-state index in [0.29, 0.717) is 35.2 Å². The first kappa shape index (κ1) is 22.8. The summed E-state index contributed by atoms with van der Waals surface area (Å²) in [6, 6.07) is 16.4. The molecule has 0 radical (unpaired) electrons. The van der Waals surface area contributed by atoms with Gasteiger partial charge in [-0.15, -0.1) is 0 Å². The predicted molar refractivity (Wildman–Crippen MR) is 127 cm³/mol. The molecule has 4 rings (SSSR count). The second-order valence-electron chi connectivity index (χ2n) is 7.54. The van der Waals surface area contributed by atoms with Crippen molar-refractivity contribution in [1.29, 1.82) is 0 Å². The van der Waals surface area contributed by atoms with Gasteiger partial charge in [-0.1, -0.05) is 0 Å². The number of carbonyl (C=O) groups is 3. The Balaban J connectivity index is 1.61. The lowest BCUT2D eigenvalue weighted by Gasteiger charge is -2.19. The van der Waals surface area contributed by atoms with E-state index in [0.717, 1.165) is 4.90 Å². The zero-order valence-electron chi connectivity index (χ0n) is 19.3. The lowest BCUT2D eigenvalue weighted by atomic mass is 10.0. The van der Waals surface area contributed by atoms with Crippen molar-refractivity contribution in [3.8, 4) is 17.2 Å². The Kier molecular flexibility index (Phi) is 6.23. The molecule has 0 saturated heterocycles. The minimum atomic E-state index is -0.479. The van der Waals surface area contributed by atoms with Gasteiger partial charge in [0.1, 0.15) is 5.75 Å². The number of amides is 3. The summed E-state index contributed by atoms with van der Waals surface area (Å²) in [6.45, 7) is 2.39. The van der Waals surface area contributed by atoms with Gasteiger partial charge >= 0.3 is 0 Å². The van der Waals surface area contributed by atoms with Gasteiger partial charge in [0.15, 0.2) is 11.5 Å². The fourth-order valence-electron chi connectivity index (χ4n) is 3.81. The molecule has 0 aromatic heterocycles. The van der Waals surface area contributed by atoms with Crippen LogP contribution in [0.15, 0.2) is 60.7 Å². The van der Waals surface area contributed by atoms with Gasteiger partial charge in [0, 0.05) is 24.4 Å². The van der Waals surface area contributed by atoms with Crippen molar-refractivity contribution >= 4 is 29.1 Å². The van der Waals surface area contributed by atoms with E-state index in [1.807, 2.05) is 6.92 Å². The van der Waals surface area contributed by atoms with Crippen LogP contribution in [-0.2, 0) is 0 Å². The average molecular weight is 460 g/mol. The summed E-state index contributed by atoms with van der Waals surface area (Å²) in [4.78, 5) is 41.8. The molecule has 3 aromatic carbocycles. The topological polar surface area (TPSA) is 85.4 Å². The van der Waals surface area contributed by atoms with E-state index in [1.165, 1.54) is 31.3 Å². The molecule has 0 spiro atoms. The van der Waals surface area contributed by atoms with Gasteiger partial charge in [-0.05, 0) is 61.5 Å². The molecule has 0 aliphatic carbocycles. The van der Waals surface area contributed by atoms with Crippen molar-refractivity contribution in [1.82, 2.24) is 0 Å². The average Bonchev–Trinajstić information content (AvgIpc) is 3.12. The van der Waals surface area contributed by atoms with Crippen molar-refractivity contribution in [2.45, 2.75) is 6.92 Å². The number of carbonyl (C=O) groups excluding carboxylic acids is 3. The highest BCUT2D eigenvalue weighted by Crippen LogP contribution is 2.33. The van der Waals surface area contributed by atoms with Crippen LogP contribution < -0.4 is 24.0 Å². The molecule has 174 valence electrons. The number of imide groups is 1. The SMILES string of the molecule is CCOc1ccc(N2C(=O)c3ccc(C(=O)N(C)c4ccc(OC)c(OC)c4)cc3C2=O)cc1. The van der Waals surface area contributed by atoms with Crippen LogP contribution in [-0.4, -0.2) is 45.6 Å². The fourth-order valence-corrected chi connectivity index (χ4v) is 3.81. The van der Waals surface area contributed by atoms with Gasteiger partial charge < -0.3 is 19.1 Å². The van der Waals surface area contributed by atoms with Crippen molar-refractivity contribution in [3.63, 3.8) is 0 Å². The first-order valence-electron chi connectivity index (χ1n) is 10.6. The van der Waals surface area contributed by atoms with Crippen molar-refractivity contribution in [2.24, 2.45) is 0 Å². The number of benzene rings is 3. The molecule has 0 bridgehead atoms. The Morgan fingerprint density at radius 2 is 1.53 bits per heavy atom. The largest absolute Gasteiger partial charge is 0.494 e. The Morgan fingerprint density at radius 3 is 2.18 bits per heavy atom. The molecular weight excluding hydrogens is 436 g/mol. The summed E-state index contributed by atoms with van der Waals surface area (Å²) in [5.74, 6) is 0.427. The maximum Gasteiger partial charge on any atom is 0.266 e. The predicted octanol–water partition coefficient (Wildman–Crippen LogP) is 4.18. The maximum absolute atomic E-state index is 13.2. The van der Waals surface area contributed by atoms with Gasteiger partial charge in [0.2, 0.25) is 0 Å². The summed E-state index contributed by atoms with van der Waals surface area (Å²) in [5.41, 5.74) is 1.74. The number of fused-ring (bicyclic) bond motifs is 1. The first-order valence-corrected chi connectivity index (χ1v) is 10.6. The summed E-state index contributed by atoms with van der Waals surface area (Å²) in [7, 11) is 4.67. The van der Waals surface area contributed by atoms with Crippen LogP contribution in [0.1, 0.15) is 38.0 Å². The quantitative estimate of drug-likeness (QED) is 0.492. The molecule has 1 aliphatic heterocycles. The van der Waals surface area contributed by atoms with Crippen molar-refractivity contribution < 1.29 is 28.6 Å². The minimum absolute atomic E-state index is 0.186. The van der Waals surface area contributed by atoms with Crippen LogP contribution in [0.3, 0.4) is 0 Å². The molecule has 1 heterocycles. The molecule has 8 nitrogen and oxygen atoms in total. The summed E-state index contributed by atoms with van der Waals surface area (Å²) >= 11 is 0. The van der Waals surface area contributed by atoms with E-state index >= 15 is 0 Å². The van der Waals surface area contributed by atoms with Crippen LogP contribution >= 0.6 is 0 Å². The van der Waals surface area contributed by atoms with Gasteiger partial charge in [-0.3, -0.25) is 14.4 Å². The fraction of sp³-hybridized carbons (Fsp3) is 0.192. The molecule has 0 fully saturated rings. The van der Waals surface area contributed by atoms with E-state index in [9.17, 15) is 14.4 Å². The Labute approximate surface area is 197 Å². The Hall–Kier alpha value is -4.33. The number of hydrogen-bond acceptors (Lipinski definition) is 6. The van der Waals surface area contributed by atoms with E-state index in [-0.39, 0.29) is 22.6 Å². The number of methoxy groups -OCH3 is 2. The lowest BCUT2D eigenvalue weighted by molar-refractivity contribution is 0.0925. The first-order chi connectivity index (χ1) is 16.4. The van der Waals surface area contributed by atoms with Crippen LogP contribution in [0.5, 0.6) is 17.2 Å². The number of ether oxygens (including phenoxy) is 3. The monoisotopic (exact) mass is 460 g/mol. The summed E-state index contributed by atoms with van der Waals surface area (Å²) in [6.07, 6.45) is 0. The molecule has 0 N–H and O–H groups in total. The van der Waals surface area contributed by atoms with E-state index in [4.69, 9.17) is 14.2 Å². The third kappa shape index (κ3) is 3.94. The maximum atomic E-state index is 13.2. The molecule has 3 aromatic rings. The lowest BCUT2D eigenvalue weighted by Crippen LogP contribution is -2.29. The van der Waals surface area contributed by atoms with Gasteiger partial charge in [0.05, 0.1) is 37.6 Å². The zero-order chi connectivity index (χ0) is 24.4. The molecule has 3 amide bonds. The number of anilines is 2. The summed E-state index contributed by atoms with van der Waals surface area (Å²) in [5, 5.41) is 0. The zero-order valence-corrected chi connectivity index (χ0v) is 19.3. The molecule has 0 saturated carbocycles. The van der Waals surface area contributed by atoms with Gasteiger partial charge in [-0.2, -0.15) is 0 Å². The molecule has 34 heavy (non-hydrogen) atoms. The molecule has 1 aliphatic rings. The van der Waals surface area contributed by atoms with Crippen LogP contribution in [0.25, 0.3) is 0 Å². The van der Waals surface area contributed by atoms with Gasteiger partial charge in [-0.25, -0.2) is 4.90 Å². The van der Waals surface area contributed by atoms with Crippen LogP contribution in [0.4, 0.5) is 11.4 Å². The smallest absolute Gasteiger partial charge is 0.266 e. The highest BCUT2D eigenvalue weighted by molar-refractivity contribution is 6.34. The van der Waals surface area contributed by atoms with Crippen LogP contribution in [0.2, 0.25) is 0 Å². The highest BCUT2D eigenvalue weighted by Gasteiger charge is 2.37. The normalized spacial score (nSPS) is 12.4. The molecule has 0 atom stereocenters. The third-order valence-corrected chi connectivity index (χ3v) is 5.60. The van der Waals surface area contributed by atoms with E-state index < -0.39 is 11.8 Å². The minimum Gasteiger partial charge on any atom is -0.494 e. The van der Waals surface area contributed by atoms with Crippen LogP contribution in [0, 0.1) is 0 Å². The second-order valence-corrected chi connectivity index (χ2v) is 7.54. The number of hydrogen-bond donors (Lipinski definition) is 0. The molecular formula is C26H24N2O6. The summed E-state index contributed by atoms with van der Waals surface area (Å²) < 4.78 is 16.0. The standard InChI is InChI=1S/C26H24N2O6/c1-5-34-19-10-7-17(8-11-19)28-25(30)20-12-6-16(14-21(20)26(28)31)24(29)27(2)18-9-13-22(32-3)23(15-18)33-4/h6-15H,5H2,1-4H3. The number of nitrogens with zero attached hydrogens (tertiary/aromatic N) is 2. The third-order valence-electron chi connectivity index (χ3n) is 5.60. The van der Waals surface area contributed by atoms with E-state index in [1.54, 1.807) is 55.6 Å². The second kappa shape index (κ2) is 9.27. The van der Waals surface area contributed by atoms with Crippen molar-refractivity contribution in [3.05, 3.63) is 77.4 Å². The highest BCUT2D eigenvalue weighted by atomic mass is 16.5. The van der Waals surface area contributed by atoms with Gasteiger partial charge in [0.25, 0.3) is 17.7 Å². The Morgan fingerprint density at radius 1 is 0.853 bits per heavy atom. The molecule has 8 heteroatoms. The molecule has 0 unspecified atom stereocenters. The van der Waals surface area contributed by atoms with E-state index in [2.05, 4.69) is 0 Å². The Bertz CT molecular complexity index is 1270. The van der Waals surface area contributed by atoms with Crippen molar-refractivity contribution in [2.75, 3.05) is 37.7 Å².